The SMILES string of the molecule is OC(CNC1CCc2ccccc2C1)COc1cccc2c1CCCC2. The van der Waals surface area contributed by atoms with Gasteiger partial charge in [-0.15, -0.1) is 0 Å². The number of ether oxygens (including phenoxy) is 1. The molecule has 3 heteroatoms. The van der Waals surface area contributed by atoms with Crippen molar-refractivity contribution in [2.75, 3.05) is 13.2 Å². The Balaban J connectivity index is 1.26. The van der Waals surface area contributed by atoms with Crippen LogP contribution in [0.1, 0.15) is 41.5 Å². The van der Waals surface area contributed by atoms with Gasteiger partial charge in [0.2, 0.25) is 0 Å². The van der Waals surface area contributed by atoms with E-state index in [-0.39, 0.29) is 0 Å². The van der Waals surface area contributed by atoms with Crippen molar-refractivity contribution in [2.45, 2.75) is 57.1 Å². The molecular formula is C23H29NO2. The molecule has 4 rings (SSSR count). The van der Waals surface area contributed by atoms with Crippen molar-refractivity contribution in [3.63, 3.8) is 0 Å². The Bertz CT molecular complexity index is 743. The molecule has 2 unspecified atom stereocenters. The van der Waals surface area contributed by atoms with Crippen LogP contribution in [0.15, 0.2) is 42.5 Å². The van der Waals surface area contributed by atoms with E-state index >= 15 is 0 Å². The van der Waals surface area contributed by atoms with Crippen molar-refractivity contribution >= 4 is 0 Å². The predicted molar refractivity (Wildman–Crippen MR) is 105 cm³/mol. The third-order valence-corrected chi connectivity index (χ3v) is 5.77. The summed E-state index contributed by atoms with van der Waals surface area (Å²) in [6.45, 7) is 0.939. The zero-order chi connectivity index (χ0) is 17.8. The van der Waals surface area contributed by atoms with Crippen molar-refractivity contribution in [1.82, 2.24) is 5.32 Å². The van der Waals surface area contributed by atoms with E-state index < -0.39 is 6.10 Å². The Morgan fingerprint density at radius 3 is 2.69 bits per heavy atom. The molecule has 0 radical (unpaired) electrons. The van der Waals surface area contributed by atoms with E-state index in [0.29, 0.717) is 19.2 Å². The Labute approximate surface area is 156 Å². The number of hydrogen-bond donors (Lipinski definition) is 2. The Kier molecular flexibility index (Phi) is 5.57. The summed E-state index contributed by atoms with van der Waals surface area (Å²) in [5, 5.41) is 13.9. The second-order valence-electron chi connectivity index (χ2n) is 7.68. The van der Waals surface area contributed by atoms with E-state index in [2.05, 4.69) is 41.7 Å². The van der Waals surface area contributed by atoms with Crippen LogP contribution in [0.25, 0.3) is 0 Å². The predicted octanol–water partition coefficient (Wildman–Crippen LogP) is 3.45. The van der Waals surface area contributed by atoms with Crippen LogP contribution < -0.4 is 10.1 Å². The fourth-order valence-corrected chi connectivity index (χ4v) is 4.30. The van der Waals surface area contributed by atoms with E-state index in [0.717, 1.165) is 37.9 Å². The second kappa shape index (κ2) is 8.24. The number of aryl methyl sites for hydroxylation is 2. The van der Waals surface area contributed by atoms with Gasteiger partial charge in [0.1, 0.15) is 18.5 Å². The highest BCUT2D eigenvalue weighted by Crippen LogP contribution is 2.29. The molecule has 0 aromatic heterocycles. The molecule has 0 heterocycles. The van der Waals surface area contributed by atoms with E-state index in [1.165, 1.54) is 35.1 Å². The van der Waals surface area contributed by atoms with Gasteiger partial charge in [0.05, 0.1) is 0 Å². The molecule has 2 atom stereocenters. The molecule has 2 aliphatic rings. The van der Waals surface area contributed by atoms with Gasteiger partial charge in [-0.1, -0.05) is 36.4 Å². The first-order chi connectivity index (χ1) is 12.8. The summed E-state index contributed by atoms with van der Waals surface area (Å²) in [6.07, 6.45) is 7.59. The van der Waals surface area contributed by atoms with Crippen LogP contribution in [-0.2, 0) is 25.7 Å². The molecular weight excluding hydrogens is 322 g/mol. The quantitative estimate of drug-likeness (QED) is 0.837. The number of nitrogens with one attached hydrogen (secondary N) is 1. The summed E-state index contributed by atoms with van der Waals surface area (Å²) in [4.78, 5) is 0. The smallest absolute Gasteiger partial charge is 0.122 e. The fraction of sp³-hybridized carbons (Fsp3) is 0.478. The molecule has 0 fully saturated rings. The first-order valence-electron chi connectivity index (χ1n) is 10.0. The zero-order valence-corrected chi connectivity index (χ0v) is 15.4. The molecule has 26 heavy (non-hydrogen) atoms. The van der Waals surface area contributed by atoms with Crippen LogP contribution >= 0.6 is 0 Å². The molecule has 2 aliphatic carbocycles. The van der Waals surface area contributed by atoms with Crippen molar-refractivity contribution in [3.8, 4) is 5.75 Å². The highest BCUT2D eigenvalue weighted by molar-refractivity contribution is 5.41. The summed E-state index contributed by atoms with van der Waals surface area (Å²) in [7, 11) is 0. The maximum absolute atomic E-state index is 10.4. The largest absolute Gasteiger partial charge is 0.491 e. The van der Waals surface area contributed by atoms with Crippen molar-refractivity contribution in [2.24, 2.45) is 0 Å². The maximum atomic E-state index is 10.4. The van der Waals surface area contributed by atoms with Crippen molar-refractivity contribution in [1.29, 1.82) is 0 Å². The Morgan fingerprint density at radius 1 is 0.962 bits per heavy atom. The van der Waals surface area contributed by atoms with E-state index in [1.807, 2.05) is 6.07 Å². The van der Waals surface area contributed by atoms with E-state index in [9.17, 15) is 5.11 Å². The number of benzene rings is 2. The molecule has 0 saturated carbocycles. The average Bonchev–Trinajstić information content (AvgIpc) is 2.70. The van der Waals surface area contributed by atoms with Gasteiger partial charge in [0.25, 0.3) is 0 Å². The number of rotatable bonds is 6. The van der Waals surface area contributed by atoms with E-state index in [1.54, 1.807) is 0 Å². The minimum atomic E-state index is -0.480. The molecule has 2 N–H and O–H groups in total. The second-order valence-corrected chi connectivity index (χ2v) is 7.68. The first kappa shape index (κ1) is 17.6. The number of fused-ring (bicyclic) bond motifs is 2. The van der Waals surface area contributed by atoms with Gasteiger partial charge in [0, 0.05) is 12.6 Å². The highest BCUT2D eigenvalue weighted by atomic mass is 16.5. The molecule has 0 amide bonds. The lowest BCUT2D eigenvalue weighted by Gasteiger charge is -2.27. The lowest BCUT2D eigenvalue weighted by atomic mass is 9.88. The highest BCUT2D eigenvalue weighted by Gasteiger charge is 2.19. The molecule has 0 aliphatic heterocycles. The third kappa shape index (κ3) is 4.11. The van der Waals surface area contributed by atoms with Crippen LogP contribution in [0.2, 0.25) is 0 Å². The van der Waals surface area contributed by atoms with Crippen LogP contribution in [0.3, 0.4) is 0 Å². The molecule has 0 bridgehead atoms. The molecule has 138 valence electrons. The molecule has 2 aromatic carbocycles. The van der Waals surface area contributed by atoms with Gasteiger partial charge in [-0.05, 0) is 73.3 Å². The standard InChI is InChI=1S/C23H29NO2/c25-21(15-24-20-13-12-17-6-1-2-8-19(17)14-20)16-26-23-11-5-9-18-7-3-4-10-22(18)23/h1-2,5-6,8-9,11,20-21,24-25H,3-4,7,10,12-16H2. The van der Waals surface area contributed by atoms with Crippen LogP contribution in [-0.4, -0.2) is 30.4 Å². The lowest BCUT2D eigenvalue weighted by molar-refractivity contribution is 0.102. The normalized spacial score (nSPS) is 20.1. The zero-order valence-electron chi connectivity index (χ0n) is 15.4. The van der Waals surface area contributed by atoms with Gasteiger partial charge >= 0.3 is 0 Å². The summed E-state index contributed by atoms with van der Waals surface area (Å²) in [5.41, 5.74) is 5.69. The molecule has 2 aromatic rings. The van der Waals surface area contributed by atoms with Crippen LogP contribution in [0.4, 0.5) is 0 Å². The number of hydrogen-bond acceptors (Lipinski definition) is 3. The van der Waals surface area contributed by atoms with E-state index in [4.69, 9.17) is 4.74 Å². The van der Waals surface area contributed by atoms with Gasteiger partial charge < -0.3 is 15.2 Å². The van der Waals surface area contributed by atoms with Gasteiger partial charge in [-0.25, -0.2) is 0 Å². The summed E-state index contributed by atoms with van der Waals surface area (Å²) in [5.74, 6) is 0.966. The minimum Gasteiger partial charge on any atom is -0.491 e. The van der Waals surface area contributed by atoms with Crippen molar-refractivity contribution in [3.05, 3.63) is 64.7 Å². The maximum Gasteiger partial charge on any atom is 0.122 e. The van der Waals surface area contributed by atoms with Crippen LogP contribution in [0, 0.1) is 0 Å². The number of aliphatic hydroxyl groups is 1. The summed E-state index contributed by atoms with van der Waals surface area (Å²) < 4.78 is 5.97. The third-order valence-electron chi connectivity index (χ3n) is 5.77. The Hall–Kier alpha value is -1.84. The van der Waals surface area contributed by atoms with Gasteiger partial charge in [-0.2, -0.15) is 0 Å². The first-order valence-corrected chi connectivity index (χ1v) is 10.0. The summed E-state index contributed by atoms with van der Waals surface area (Å²) in [6, 6.07) is 15.5. The molecule has 0 spiro atoms. The number of aliphatic hydroxyl groups excluding tert-OH is 1. The monoisotopic (exact) mass is 351 g/mol. The van der Waals surface area contributed by atoms with Crippen LogP contribution in [0.5, 0.6) is 5.75 Å². The average molecular weight is 351 g/mol. The van der Waals surface area contributed by atoms with Gasteiger partial charge in [0.15, 0.2) is 0 Å². The summed E-state index contributed by atoms with van der Waals surface area (Å²) >= 11 is 0. The lowest BCUT2D eigenvalue weighted by Crippen LogP contribution is -2.40. The fourth-order valence-electron chi connectivity index (χ4n) is 4.30. The van der Waals surface area contributed by atoms with Crippen molar-refractivity contribution < 1.29 is 9.84 Å². The van der Waals surface area contributed by atoms with Gasteiger partial charge in [-0.3, -0.25) is 0 Å². The topological polar surface area (TPSA) is 41.5 Å². The molecule has 3 nitrogen and oxygen atoms in total. The Morgan fingerprint density at radius 2 is 1.77 bits per heavy atom. The minimum absolute atomic E-state index is 0.354. The molecule has 0 saturated heterocycles.